The normalized spacial score (nSPS) is 17.0. The first-order valence-corrected chi connectivity index (χ1v) is 9.85. The minimum Gasteiger partial charge on any atom is -0.301 e. The zero-order chi connectivity index (χ0) is 20.5. The molecule has 0 bridgehead atoms. The summed E-state index contributed by atoms with van der Waals surface area (Å²) in [4.78, 5) is 30.2. The molecule has 0 aliphatic carbocycles. The van der Waals surface area contributed by atoms with Gasteiger partial charge in [0.25, 0.3) is 5.91 Å². The topological polar surface area (TPSA) is 40.6 Å². The van der Waals surface area contributed by atoms with Crippen molar-refractivity contribution in [2.24, 2.45) is 0 Å². The fourth-order valence-electron chi connectivity index (χ4n) is 3.75. The zero-order valence-electron chi connectivity index (χ0n) is 16.3. The fraction of sp³-hybridized carbons (Fsp3) is 0.167. The van der Waals surface area contributed by atoms with Crippen LogP contribution in [0.4, 0.5) is 11.4 Å². The highest BCUT2D eigenvalue weighted by atomic mass is 35.5. The van der Waals surface area contributed by atoms with Gasteiger partial charge in [0.1, 0.15) is 12.6 Å². The van der Waals surface area contributed by atoms with Crippen molar-refractivity contribution < 1.29 is 9.59 Å². The van der Waals surface area contributed by atoms with E-state index >= 15 is 0 Å². The van der Waals surface area contributed by atoms with Gasteiger partial charge in [0.15, 0.2) is 0 Å². The van der Waals surface area contributed by atoms with E-state index in [2.05, 4.69) is 0 Å². The first-order chi connectivity index (χ1) is 14.0. The quantitative estimate of drug-likeness (QED) is 0.610. The van der Waals surface area contributed by atoms with Crippen LogP contribution in [-0.4, -0.2) is 18.4 Å². The van der Waals surface area contributed by atoms with Gasteiger partial charge < -0.3 is 4.90 Å². The third kappa shape index (κ3) is 3.52. The van der Waals surface area contributed by atoms with Crippen molar-refractivity contribution in [2.75, 3.05) is 16.3 Å². The number of rotatable bonds is 3. The second kappa shape index (κ2) is 7.72. The highest BCUT2D eigenvalue weighted by Crippen LogP contribution is 2.36. The number of anilines is 2. The van der Waals surface area contributed by atoms with Crippen molar-refractivity contribution in [3.8, 4) is 0 Å². The fourth-order valence-corrected chi connectivity index (χ4v) is 3.87. The molecular formula is C24H21ClN2O2. The second-order valence-electron chi connectivity index (χ2n) is 7.20. The molecule has 0 aromatic heterocycles. The number of carbonyl (C=O) groups is 2. The Morgan fingerprint density at radius 3 is 2.24 bits per heavy atom. The van der Waals surface area contributed by atoms with Gasteiger partial charge in [-0.3, -0.25) is 14.5 Å². The predicted molar refractivity (Wildman–Crippen MR) is 116 cm³/mol. The number of nitrogens with zero attached hydrogens (tertiary/aromatic N) is 2. The molecule has 1 saturated heterocycles. The highest BCUT2D eigenvalue weighted by molar-refractivity contribution is 6.30. The average molecular weight is 405 g/mol. The number of amides is 2. The predicted octanol–water partition coefficient (Wildman–Crippen LogP) is 5.08. The number of hydrogen-bond acceptors (Lipinski definition) is 2. The van der Waals surface area contributed by atoms with E-state index in [9.17, 15) is 9.59 Å². The molecule has 146 valence electrons. The van der Waals surface area contributed by atoms with Gasteiger partial charge in [0, 0.05) is 16.4 Å². The Bertz CT molecular complexity index is 1060. The lowest BCUT2D eigenvalue weighted by atomic mass is 9.98. The summed E-state index contributed by atoms with van der Waals surface area (Å²) in [7, 11) is 0. The Morgan fingerprint density at radius 1 is 0.862 bits per heavy atom. The molecule has 0 N–H and O–H groups in total. The maximum absolute atomic E-state index is 13.7. The lowest BCUT2D eigenvalue weighted by Gasteiger charge is -2.41. The van der Waals surface area contributed by atoms with Crippen LogP contribution in [-0.2, 0) is 9.59 Å². The molecule has 29 heavy (non-hydrogen) atoms. The second-order valence-corrected chi connectivity index (χ2v) is 7.63. The van der Waals surface area contributed by atoms with Gasteiger partial charge in [-0.1, -0.05) is 54.1 Å². The first-order valence-electron chi connectivity index (χ1n) is 9.47. The molecule has 1 atom stereocenters. The van der Waals surface area contributed by atoms with E-state index in [0.29, 0.717) is 10.7 Å². The van der Waals surface area contributed by atoms with Gasteiger partial charge in [0.2, 0.25) is 5.91 Å². The lowest BCUT2D eigenvalue weighted by Crippen LogP contribution is -2.56. The standard InChI is InChI=1S/C24H21ClN2O2/c1-16-7-6-10-21(17(16)2)26-15-22(28)27(20-13-11-19(25)12-14-20)23(24(26)29)18-8-4-3-5-9-18/h3-14,23H,15H2,1-2H3. The van der Waals surface area contributed by atoms with E-state index in [-0.39, 0.29) is 18.4 Å². The number of hydrogen-bond donors (Lipinski definition) is 0. The summed E-state index contributed by atoms with van der Waals surface area (Å²) in [6.45, 7) is 3.98. The first kappa shape index (κ1) is 19.2. The molecule has 3 aromatic carbocycles. The van der Waals surface area contributed by atoms with Crippen LogP contribution in [0.1, 0.15) is 22.7 Å². The van der Waals surface area contributed by atoms with Crippen molar-refractivity contribution in [3.63, 3.8) is 0 Å². The molecule has 0 radical (unpaired) electrons. The van der Waals surface area contributed by atoms with Gasteiger partial charge in [-0.25, -0.2) is 0 Å². The Kier molecular flexibility index (Phi) is 5.12. The zero-order valence-corrected chi connectivity index (χ0v) is 17.1. The van der Waals surface area contributed by atoms with E-state index in [1.165, 1.54) is 0 Å². The van der Waals surface area contributed by atoms with E-state index in [1.807, 2.05) is 62.4 Å². The molecule has 2 amide bonds. The Balaban J connectivity index is 1.83. The smallest absolute Gasteiger partial charge is 0.255 e. The molecule has 1 fully saturated rings. The number of aryl methyl sites for hydroxylation is 1. The molecule has 1 aliphatic rings. The van der Waals surface area contributed by atoms with Crippen LogP contribution < -0.4 is 9.80 Å². The molecule has 5 heteroatoms. The summed E-state index contributed by atoms with van der Waals surface area (Å²) in [5, 5.41) is 0.581. The number of carbonyl (C=O) groups excluding carboxylic acids is 2. The van der Waals surface area contributed by atoms with E-state index in [1.54, 1.807) is 34.1 Å². The summed E-state index contributed by atoms with van der Waals surface area (Å²) < 4.78 is 0. The van der Waals surface area contributed by atoms with Gasteiger partial charge in [-0.05, 0) is 60.9 Å². The molecular weight excluding hydrogens is 384 g/mol. The largest absolute Gasteiger partial charge is 0.301 e. The van der Waals surface area contributed by atoms with Crippen molar-refractivity contribution in [2.45, 2.75) is 19.9 Å². The average Bonchev–Trinajstić information content (AvgIpc) is 2.73. The van der Waals surface area contributed by atoms with E-state index in [0.717, 1.165) is 22.4 Å². The number of halogens is 1. The van der Waals surface area contributed by atoms with Crippen molar-refractivity contribution in [1.29, 1.82) is 0 Å². The summed E-state index contributed by atoms with van der Waals surface area (Å²) >= 11 is 6.03. The Morgan fingerprint density at radius 2 is 1.55 bits per heavy atom. The summed E-state index contributed by atoms with van der Waals surface area (Å²) in [6.07, 6.45) is 0. The molecule has 1 unspecified atom stereocenters. The molecule has 4 rings (SSSR count). The molecule has 1 heterocycles. The molecule has 0 saturated carbocycles. The van der Waals surface area contributed by atoms with Crippen LogP contribution in [0, 0.1) is 13.8 Å². The van der Waals surface area contributed by atoms with Gasteiger partial charge in [-0.15, -0.1) is 0 Å². The SMILES string of the molecule is Cc1cccc(N2CC(=O)N(c3ccc(Cl)cc3)C(c3ccccc3)C2=O)c1C. The third-order valence-corrected chi connectivity index (χ3v) is 5.66. The number of piperazine rings is 1. The Labute approximate surface area is 175 Å². The highest BCUT2D eigenvalue weighted by Gasteiger charge is 2.42. The van der Waals surface area contributed by atoms with Crippen LogP contribution in [0.15, 0.2) is 72.8 Å². The van der Waals surface area contributed by atoms with Crippen LogP contribution in [0.3, 0.4) is 0 Å². The minimum atomic E-state index is -0.737. The lowest BCUT2D eigenvalue weighted by molar-refractivity contribution is -0.128. The number of benzene rings is 3. The van der Waals surface area contributed by atoms with Crippen molar-refractivity contribution >= 4 is 34.8 Å². The van der Waals surface area contributed by atoms with Crippen LogP contribution in [0.2, 0.25) is 5.02 Å². The van der Waals surface area contributed by atoms with Crippen LogP contribution in [0.25, 0.3) is 0 Å². The minimum absolute atomic E-state index is 0.00487. The van der Waals surface area contributed by atoms with Crippen LogP contribution >= 0.6 is 11.6 Å². The molecule has 4 nitrogen and oxygen atoms in total. The van der Waals surface area contributed by atoms with Gasteiger partial charge in [0.05, 0.1) is 0 Å². The maximum atomic E-state index is 13.7. The molecule has 3 aromatic rings. The van der Waals surface area contributed by atoms with Gasteiger partial charge in [-0.2, -0.15) is 0 Å². The van der Waals surface area contributed by atoms with Crippen molar-refractivity contribution in [3.05, 3.63) is 94.5 Å². The summed E-state index contributed by atoms with van der Waals surface area (Å²) in [5.41, 5.74) is 4.29. The van der Waals surface area contributed by atoms with Crippen molar-refractivity contribution in [1.82, 2.24) is 0 Å². The monoisotopic (exact) mass is 404 g/mol. The Hall–Kier alpha value is -3.11. The molecule has 0 spiro atoms. The van der Waals surface area contributed by atoms with Crippen LogP contribution in [0.5, 0.6) is 0 Å². The van der Waals surface area contributed by atoms with E-state index < -0.39 is 6.04 Å². The van der Waals surface area contributed by atoms with E-state index in [4.69, 9.17) is 11.6 Å². The maximum Gasteiger partial charge on any atom is 0.255 e. The summed E-state index contributed by atoms with van der Waals surface area (Å²) in [6, 6.07) is 21.5. The third-order valence-electron chi connectivity index (χ3n) is 5.41. The van der Waals surface area contributed by atoms with Gasteiger partial charge >= 0.3 is 0 Å². The molecule has 1 aliphatic heterocycles. The summed E-state index contributed by atoms with van der Waals surface area (Å²) in [5.74, 6) is -0.263.